The van der Waals surface area contributed by atoms with E-state index in [0.717, 1.165) is 16.3 Å². The molecule has 1 aliphatic heterocycles. The standard InChI is InChI=1S/C12H8N4OS/c17-12-15-8-2-1-7(5-9(8)16-12)10(18)6-11-13-3-4-14-11/h1-5H,6H2,(H,13,14). The van der Waals surface area contributed by atoms with Crippen LogP contribution in [0.5, 0.6) is 0 Å². The normalized spacial score (nSPS) is 12.8. The van der Waals surface area contributed by atoms with Gasteiger partial charge in [-0.1, -0.05) is 18.3 Å². The van der Waals surface area contributed by atoms with E-state index in [1.807, 2.05) is 6.07 Å². The van der Waals surface area contributed by atoms with Crippen LogP contribution in [-0.4, -0.2) is 20.9 Å². The molecule has 2 aromatic rings. The number of thiocarbonyl (C=S) groups is 1. The Labute approximate surface area is 107 Å². The number of hydrogen-bond acceptors (Lipinski definition) is 3. The molecule has 0 aliphatic carbocycles. The van der Waals surface area contributed by atoms with Gasteiger partial charge < -0.3 is 4.98 Å². The highest BCUT2D eigenvalue weighted by molar-refractivity contribution is 7.80. The van der Waals surface area contributed by atoms with E-state index in [4.69, 9.17) is 12.2 Å². The highest BCUT2D eigenvalue weighted by Gasteiger charge is 2.09. The molecule has 1 aromatic heterocycles. The molecular formula is C12H8N4OS. The Morgan fingerprint density at radius 1 is 1.28 bits per heavy atom. The number of benzene rings is 1. The number of amides is 2. The van der Waals surface area contributed by atoms with Crippen LogP contribution in [0.15, 0.2) is 40.6 Å². The van der Waals surface area contributed by atoms with E-state index >= 15 is 0 Å². The summed E-state index contributed by atoms with van der Waals surface area (Å²) in [7, 11) is 0. The van der Waals surface area contributed by atoms with Crippen LogP contribution in [0.25, 0.3) is 0 Å². The van der Waals surface area contributed by atoms with Crippen molar-refractivity contribution >= 4 is 23.1 Å². The van der Waals surface area contributed by atoms with Crippen LogP contribution in [0.1, 0.15) is 11.4 Å². The van der Waals surface area contributed by atoms with Crippen LogP contribution in [0.3, 0.4) is 0 Å². The highest BCUT2D eigenvalue weighted by Crippen LogP contribution is 2.03. The molecular weight excluding hydrogens is 248 g/mol. The summed E-state index contributed by atoms with van der Waals surface area (Å²) in [5, 5.41) is 1.18. The van der Waals surface area contributed by atoms with E-state index in [-0.39, 0.29) is 0 Å². The number of H-pyrrole nitrogens is 1. The van der Waals surface area contributed by atoms with Gasteiger partial charge in [0.05, 0.1) is 10.7 Å². The van der Waals surface area contributed by atoms with Gasteiger partial charge in [0.1, 0.15) is 5.82 Å². The Hall–Kier alpha value is -2.21. The van der Waals surface area contributed by atoms with Crippen molar-refractivity contribution in [1.82, 2.24) is 9.97 Å². The minimum absolute atomic E-state index is 0.459. The number of fused-ring (bicyclic) bond motifs is 1. The molecule has 2 amide bonds. The van der Waals surface area contributed by atoms with Gasteiger partial charge in [-0.2, -0.15) is 9.98 Å². The van der Waals surface area contributed by atoms with E-state index in [0.29, 0.717) is 17.1 Å². The number of aromatic amines is 1. The average molecular weight is 256 g/mol. The summed E-state index contributed by atoms with van der Waals surface area (Å²) in [6.45, 7) is 0. The third-order valence-corrected chi connectivity index (χ3v) is 2.99. The Morgan fingerprint density at radius 3 is 2.89 bits per heavy atom. The first-order valence-electron chi connectivity index (χ1n) is 5.35. The SMILES string of the molecule is O=C1N=c2ccc(C(=S)Cc3ncc[nH]3)cc2=N1. The van der Waals surface area contributed by atoms with Gasteiger partial charge in [0, 0.05) is 23.7 Å². The number of hydrogen-bond donors (Lipinski definition) is 1. The lowest BCUT2D eigenvalue weighted by molar-refractivity contribution is 0.256. The molecule has 2 heterocycles. The van der Waals surface area contributed by atoms with Crippen LogP contribution in [0.4, 0.5) is 4.79 Å². The first-order valence-corrected chi connectivity index (χ1v) is 5.76. The lowest BCUT2D eigenvalue weighted by Gasteiger charge is -2.01. The van der Waals surface area contributed by atoms with Crippen molar-refractivity contribution in [2.75, 3.05) is 0 Å². The van der Waals surface area contributed by atoms with Crippen LogP contribution in [0.2, 0.25) is 0 Å². The Kier molecular flexibility index (Phi) is 2.56. The van der Waals surface area contributed by atoms with Crippen molar-refractivity contribution in [2.45, 2.75) is 6.42 Å². The first kappa shape index (κ1) is 10.9. The Bertz CT molecular complexity index is 749. The summed E-state index contributed by atoms with van der Waals surface area (Å²) in [6, 6.07) is 4.93. The number of aromatic nitrogens is 2. The largest absolute Gasteiger partial charge is 0.368 e. The molecule has 1 aromatic carbocycles. The van der Waals surface area contributed by atoms with Crippen LogP contribution >= 0.6 is 12.2 Å². The fourth-order valence-corrected chi connectivity index (χ4v) is 2.02. The third-order valence-electron chi connectivity index (χ3n) is 2.61. The summed E-state index contributed by atoms with van der Waals surface area (Å²) >= 11 is 5.35. The molecule has 0 saturated carbocycles. The molecule has 3 rings (SSSR count). The molecule has 6 heteroatoms. The number of carbonyl (C=O) groups excluding carboxylic acids is 1. The number of nitrogens with one attached hydrogen (secondary N) is 1. The minimum Gasteiger partial charge on any atom is -0.348 e. The van der Waals surface area contributed by atoms with Crippen LogP contribution in [0, 0.1) is 0 Å². The quantitative estimate of drug-likeness (QED) is 0.650. The monoisotopic (exact) mass is 256 g/mol. The minimum atomic E-state index is -0.459. The molecule has 5 nitrogen and oxygen atoms in total. The fourth-order valence-electron chi connectivity index (χ4n) is 1.76. The molecule has 0 spiro atoms. The van der Waals surface area contributed by atoms with Crippen molar-refractivity contribution in [3.05, 3.63) is 52.7 Å². The van der Waals surface area contributed by atoms with Gasteiger partial charge in [0.2, 0.25) is 0 Å². The van der Waals surface area contributed by atoms with Crippen LogP contribution < -0.4 is 10.7 Å². The maximum Gasteiger partial charge on any atom is 0.368 e. The van der Waals surface area contributed by atoms with Crippen molar-refractivity contribution in [3.8, 4) is 0 Å². The Morgan fingerprint density at radius 2 is 2.11 bits per heavy atom. The molecule has 0 radical (unpaired) electrons. The number of imidazole rings is 1. The predicted octanol–water partition coefficient (Wildman–Crippen LogP) is 0.743. The van der Waals surface area contributed by atoms with E-state index in [2.05, 4.69) is 20.0 Å². The second kappa shape index (κ2) is 4.23. The summed E-state index contributed by atoms with van der Waals surface area (Å²) in [5.74, 6) is 0.818. The summed E-state index contributed by atoms with van der Waals surface area (Å²) in [6.07, 6.45) is 4.01. The highest BCUT2D eigenvalue weighted by atomic mass is 32.1. The van der Waals surface area contributed by atoms with Crippen molar-refractivity contribution in [1.29, 1.82) is 0 Å². The fraction of sp³-hybridized carbons (Fsp3) is 0.0833. The van der Waals surface area contributed by atoms with Gasteiger partial charge in [-0.3, -0.25) is 0 Å². The van der Waals surface area contributed by atoms with E-state index in [1.165, 1.54) is 0 Å². The number of nitrogens with zero attached hydrogens (tertiary/aromatic N) is 3. The molecule has 18 heavy (non-hydrogen) atoms. The summed E-state index contributed by atoms with van der Waals surface area (Å²) in [5.41, 5.74) is 0.869. The van der Waals surface area contributed by atoms with E-state index in [1.54, 1.807) is 24.5 Å². The van der Waals surface area contributed by atoms with Crippen molar-refractivity contribution in [2.24, 2.45) is 9.98 Å². The van der Waals surface area contributed by atoms with Gasteiger partial charge in [-0.05, 0) is 17.7 Å². The molecule has 0 fully saturated rings. The Balaban J connectivity index is 1.93. The van der Waals surface area contributed by atoms with Gasteiger partial charge in [0.15, 0.2) is 0 Å². The second-order valence-electron chi connectivity index (χ2n) is 3.85. The maximum absolute atomic E-state index is 11.1. The van der Waals surface area contributed by atoms with Gasteiger partial charge in [-0.15, -0.1) is 0 Å². The molecule has 0 saturated heterocycles. The molecule has 0 bridgehead atoms. The average Bonchev–Trinajstić information content (AvgIpc) is 2.95. The molecule has 1 N–H and O–H groups in total. The maximum atomic E-state index is 11.1. The number of rotatable bonds is 3. The smallest absolute Gasteiger partial charge is 0.348 e. The van der Waals surface area contributed by atoms with Crippen molar-refractivity contribution < 1.29 is 4.79 Å². The third kappa shape index (κ3) is 1.98. The zero-order chi connectivity index (χ0) is 12.5. The van der Waals surface area contributed by atoms with Crippen molar-refractivity contribution in [3.63, 3.8) is 0 Å². The second-order valence-corrected chi connectivity index (χ2v) is 4.34. The van der Waals surface area contributed by atoms with Gasteiger partial charge >= 0.3 is 6.03 Å². The molecule has 0 unspecified atom stereocenters. The summed E-state index contributed by atoms with van der Waals surface area (Å²) < 4.78 is 0. The van der Waals surface area contributed by atoms with E-state index < -0.39 is 6.03 Å². The molecule has 88 valence electrons. The predicted molar refractivity (Wildman–Crippen MR) is 68.1 cm³/mol. The number of urea groups is 1. The lowest BCUT2D eigenvalue weighted by Crippen LogP contribution is -2.23. The van der Waals surface area contributed by atoms with Gasteiger partial charge in [0.25, 0.3) is 0 Å². The summed E-state index contributed by atoms with van der Waals surface area (Å²) in [4.78, 5) is 26.5. The van der Waals surface area contributed by atoms with Crippen LogP contribution in [-0.2, 0) is 6.42 Å². The zero-order valence-electron chi connectivity index (χ0n) is 9.25. The number of carbonyl (C=O) groups is 1. The molecule has 1 aliphatic rings. The molecule has 0 atom stereocenters. The lowest BCUT2D eigenvalue weighted by atomic mass is 10.1. The zero-order valence-corrected chi connectivity index (χ0v) is 10.1. The van der Waals surface area contributed by atoms with Gasteiger partial charge in [-0.25, -0.2) is 9.78 Å². The topological polar surface area (TPSA) is 70.5 Å². The van der Waals surface area contributed by atoms with E-state index in [9.17, 15) is 4.79 Å². The first-order chi connectivity index (χ1) is 8.72.